The number of aryl methyl sites for hydroxylation is 1. The number of benzene rings is 3. The summed E-state index contributed by atoms with van der Waals surface area (Å²) in [5.74, 6) is -0.854. The summed E-state index contributed by atoms with van der Waals surface area (Å²) in [5.41, 5.74) is 1.67. The van der Waals surface area contributed by atoms with Gasteiger partial charge in [0.1, 0.15) is 12.6 Å². The van der Waals surface area contributed by atoms with Gasteiger partial charge in [0.05, 0.1) is 10.6 Å². The second-order valence-electron chi connectivity index (χ2n) is 10.5. The third kappa shape index (κ3) is 7.46. The Bertz CT molecular complexity index is 1470. The van der Waals surface area contributed by atoms with E-state index in [-0.39, 0.29) is 23.4 Å². The third-order valence-electron chi connectivity index (χ3n) is 7.76. The van der Waals surface area contributed by atoms with Crippen LogP contribution in [0.15, 0.2) is 77.7 Å². The molecule has 0 spiro atoms. The molecular formula is C32H37Cl2N3O4S. The summed E-state index contributed by atoms with van der Waals surface area (Å²) >= 11 is 13.0. The number of sulfonamides is 1. The van der Waals surface area contributed by atoms with Crippen LogP contribution in [-0.2, 0) is 32.6 Å². The fourth-order valence-electron chi connectivity index (χ4n) is 5.29. The van der Waals surface area contributed by atoms with Crippen LogP contribution in [0.1, 0.15) is 57.1 Å². The molecule has 10 heteroatoms. The molecule has 1 unspecified atom stereocenters. The number of carbonyl (C=O) groups excluding carboxylic acids is 2. The van der Waals surface area contributed by atoms with Crippen LogP contribution in [0.4, 0.5) is 5.69 Å². The zero-order valence-electron chi connectivity index (χ0n) is 23.9. The third-order valence-corrected chi connectivity index (χ3v) is 10.2. The molecule has 1 atom stereocenters. The smallest absolute Gasteiger partial charge is 0.264 e. The molecule has 0 radical (unpaired) electrons. The number of nitrogens with one attached hydrogen (secondary N) is 1. The molecule has 3 aromatic carbocycles. The molecular weight excluding hydrogens is 593 g/mol. The average Bonchev–Trinajstić information content (AvgIpc) is 3.00. The van der Waals surface area contributed by atoms with Crippen molar-refractivity contribution in [3.8, 4) is 0 Å². The Labute approximate surface area is 258 Å². The molecule has 42 heavy (non-hydrogen) atoms. The summed E-state index contributed by atoms with van der Waals surface area (Å²) in [5, 5.41) is 3.80. The minimum absolute atomic E-state index is 0.0425. The van der Waals surface area contributed by atoms with Gasteiger partial charge in [0.15, 0.2) is 0 Å². The van der Waals surface area contributed by atoms with Crippen LogP contribution in [0.5, 0.6) is 0 Å². The number of hydrogen-bond donors (Lipinski definition) is 1. The number of halogens is 2. The van der Waals surface area contributed by atoms with E-state index in [1.54, 1.807) is 55.5 Å². The fourth-order valence-corrected chi connectivity index (χ4v) is 7.28. The average molecular weight is 631 g/mol. The van der Waals surface area contributed by atoms with Gasteiger partial charge in [-0.05, 0) is 62.1 Å². The van der Waals surface area contributed by atoms with Crippen LogP contribution in [0.3, 0.4) is 0 Å². The highest BCUT2D eigenvalue weighted by Crippen LogP contribution is 2.30. The number of anilines is 1. The Morgan fingerprint density at radius 2 is 1.52 bits per heavy atom. The number of nitrogens with zero attached hydrogens (tertiary/aromatic N) is 2. The van der Waals surface area contributed by atoms with Crippen molar-refractivity contribution in [3.05, 3.63) is 94.0 Å². The second-order valence-corrected chi connectivity index (χ2v) is 13.2. The van der Waals surface area contributed by atoms with Crippen molar-refractivity contribution in [2.24, 2.45) is 0 Å². The molecule has 224 valence electrons. The van der Waals surface area contributed by atoms with E-state index < -0.39 is 28.5 Å². The molecule has 1 saturated carbocycles. The lowest BCUT2D eigenvalue weighted by Crippen LogP contribution is -2.53. The van der Waals surface area contributed by atoms with Crippen molar-refractivity contribution in [3.63, 3.8) is 0 Å². The van der Waals surface area contributed by atoms with Crippen molar-refractivity contribution >= 4 is 50.7 Å². The van der Waals surface area contributed by atoms with E-state index in [1.807, 2.05) is 19.1 Å². The van der Waals surface area contributed by atoms with E-state index in [1.165, 1.54) is 17.0 Å². The standard InChI is InChI=1S/C32H37Cl2N3O4S/c1-3-24-13-10-11-20-30(24)37(42(40,41)26-16-8-5-9-17-26)22-31(38)36(21-27-28(33)18-12-19-29(27)34)23(2)32(39)35-25-14-6-4-7-15-25/h5,8-13,16-20,23,25H,3-4,6-7,14-15,21-22H2,1-2H3,(H,35,39). The summed E-state index contributed by atoms with van der Waals surface area (Å²) in [6.07, 6.45) is 5.56. The van der Waals surface area contributed by atoms with Crippen molar-refractivity contribution in [2.75, 3.05) is 10.8 Å². The monoisotopic (exact) mass is 629 g/mol. The molecule has 1 aliphatic carbocycles. The van der Waals surface area contributed by atoms with Gasteiger partial charge in [0, 0.05) is 28.2 Å². The van der Waals surface area contributed by atoms with E-state index in [9.17, 15) is 18.0 Å². The lowest BCUT2D eigenvalue weighted by atomic mass is 9.95. The van der Waals surface area contributed by atoms with E-state index in [0.717, 1.165) is 42.0 Å². The molecule has 1 N–H and O–H groups in total. The van der Waals surface area contributed by atoms with Crippen molar-refractivity contribution in [2.45, 2.75) is 75.9 Å². The van der Waals surface area contributed by atoms with Crippen molar-refractivity contribution in [1.29, 1.82) is 0 Å². The van der Waals surface area contributed by atoms with Gasteiger partial charge >= 0.3 is 0 Å². The summed E-state index contributed by atoms with van der Waals surface area (Å²) in [7, 11) is -4.14. The first kappa shape index (κ1) is 31.9. The van der Waals surface area contributed by atoms with Gasteiger partial charge in [-0.1, -0.05) is 91.9 Å². The van der Waals surface area contributed by atoms with Crippen LogP contribution in [0, 0.1) is 0 Å². The van der Waals surface area contributed by atoms with Crippen LogP contribution < -0.4 is 9.62 Å². The molecule has 1 aliphatic rings. The highest BCUT2D eigenvalue weighted by atomic mass is 35.5. The number of carbonyl (C=O) groups is 2. The minimum Gasteiger partial charge on any atom is -0.352 e. The maximum Gasteiger partial charge on any atom is 0.264 e. The first-order chi connectivity index (χ1) is 20.1. The minimum atomic E-state index is -4.14. The zero-order valence-corrected chi connectivity index (χ0v) is 26.3. The van der Waals surface area contributed by atoms with E-state index in [2.05, 4.69) is 5.32 Å². The van der Waals surface area contributed by atoms with Gasteiger partial charge in [-0.2, -0.15) is 0 Å². The Morgan fingerprint density at radius 1 is 0.905 bits per heavy atom. The lowest BCUT2D eigenvalue weighted by molar-refractivity contribution is -0.139. The molecule has 1 fully saturated rings. The maximum atomic E-state index is 14.2. The summed E-state index contributed by atoms with van der Waals surface area (Å²) in [4.78, 5) is 29.1. The number of hydrogen-bond acceptors (Lipinski definition) is 4. The van der Waals surface area contributed by atoms with Gasteiger partial charge in [0.2, 0.25) is 11.8 Å². The molecule has 7 nitrogen and oxygen atoms in total. The number of amides is 2. The van der Waals surface area contributed by atoms with Gasteiger partial charge < -0.3 is 10.2 Å². The Balaban J connectivity index is 1.73. The molecule has 0 bridgehead atoms. The predicted molar refractivity (Wildman–Crippen MR) is 168 cm³/mol. The highest BCUT2D eigenvalue weighted by Gasteiger charge is 2.34. The molecule has 0 heterocycles. The summed E-state index contributed by atoms with van der Waals surface area (Å²) in [6, 6.07) is 19.3. The Morgan fingerprint density at radius 3 is 2.17 bits per heavy atom. The SMILES string of the molecule is CCc1ccccc1N(CC(=O)N(Cc1c(Cl)cccc1Cl)C(C)C(=O)NC1CCCCC1)S(=O)(=O)c1ccccc1. The number of rotatable bonds is 11. The second kappa shape index (κ2) is 14.4. The first-order valence-electron chi connectivity index (χ1n) is 14.3. The summed E-state index contributed by atoms with van der Waals surface area (Å²) < 4.78 is 29.2. The van der Waals surface area contributed by atoms with Crippen LogP contribution >= 0.6 is 23.2 Å². The van der Waals surface area contributed by atoms with Crippen molar-refractivity contribution in [1.82, 2.24) is 10.2 Å². The van der Waals surface area contributed by atoms with Gasteiger partial charge in [-0.3, -0.25) is 13.9 Å². The van der Waals surface area contributed by atoms with Gasteiger partial charge in [-0.25, -0.2) is 8.42 Å². The van der Waals surface area contributed by atoms with E-state index >= 15 is 0 Å². The predicted octanol–water partition coefficient (Wildman–Crippen LogP) is 6.62. The fraction of sp³-hybridized carbons (Fsp3) is 0.375. The van der Waals surface area contributed by atoms with Gasteiger partial charge in [-0.15, -0.1) is 0 Å². The first-order valence-corrected chi connectivity index (χ1v) is 16.5. The Kier molecular flexibility index (Phi) is 10.9. The molecule has 3 aromatic rings. The molecule has 0 saturated heterocycles. The highest BCUT2D eigenvalue weighted by molar-refractivity contribution is 7.92. The zero-order chi connectivity index (χ0) is 30.3. The molecule has 0 aliphatic heterocycles. The quantitative estimate of drug-likeness (QED) is 0.258. The van der Waals surface area contributed by atoms with E-state index in [0.29, 0.717) is 27.7 Å². The topological polar surface area (TPSA) is 86.8 Å². The van der Waals surface area contributed by atoms with Gasteiger partial charge in [0.25, 0.3) is 10.0 Å². The largest absolute Gasteiger partial charge is 0.352 e. The normalized spacial score (nSPS) is 14.7. The molecule has 4 rings (SSSR count). The van der Waals surface area contributed by atoms with Crippen LogP contribution in [-0.4, -0.2) is 43.8 Å². The van der Waals surface area contributed by atoms with Crippen LogP contribution in [0.25, 0.3) is 0 Å². The van der Waals surface area contributed by atoms with Crippen LogP contribution in [0.2, 0.25) is 10.0 Å². The summed E-state index contributed by atoms with van der Waals surface area (Å²) in [6.45, 7) is 3.00. The lowest BCUT2D eigenvalue weighted by Gasteiger charge is -2.34. The molecule has 0 aromatic heterocycles. The number of para-hydroxylation sites is 1. The van der Waals surface area contributed by atoms with Crippen molar-refractivity contribution < 1.29 is 18.0 Å². The Hall–Kier alpha value is -3.07. The maximum absolute atomic E-state index is 14.2. The molecule has 2 amide bonds. The van der Waals surface area contributed by atoms with E-state index in [4.69, 9.17) is 23.2 Å².